The third kappa shape index (κ3) is 3.23. The summed E-state index contributed by atoms with van der Waals surface area (Å²) in [5, 5.41) is 14.4. The highest BCUT2D eigenvalue weighted by Crippen LogP contribution is 2.40. The molecule has 1 aliphatic carbocycles. The third-order valence-electron chi connectivity index (χ3n) is 3.62. The first-order valence-corrected chi connectivity index (χ1v) is 6.55. The molecule has 0 radical (unpaired) electrons. The summed E-state index contributed by atoms with van der Waals surface area (Å²) in [6, 6.07) is 1.34. The van der Waals surface area contributed by atoms with Crippen LogP contribution in [0.15, 0.2) is 12.3 Å². The van der Waals surface area contributed by atoms with Gasteiger partial charge in [-0.3, -0.25) is 4.79 Å². The first kappa shape index (κ1) is 14.2. The van der Waals surface area contributed by atoms with Gasteiger partial charge in [-0.15, -0.1) is 0 Å². The molecule has 108 valence electrons. The number of rotatable bonds is 5. The van der Waals surface area contributed by atoms with E-state index in [2.05, 4.69) is 20.6 Å². The Labute approximate surface area is 116 Å². The minimum absolute atomic E-state index is 0.164. The minimum Gasteiger partial charge on any atom is -0.481 e. The molecule has 1 saturated carbocycles. The number of nitrogens with one attached hydrogen (secondary N) is 2. The summed E-state index contributed by atoms with van der Waals surface area (Å²) in [6.45, 7) is 2.23. The number of aryl methyl sites for hydroxylation is 1. The predicted octanol–water partition coefficient (Wildman–Crippen LogP) is 0.839. The van der Waals surface area contributed by atoms with E-state index in [0.717, 1.165) is 6.42 Å². The second-order valence-corrected chi connectivity index (χ2v) is 5.07. The average molecular weight is 278 g/mol. The summed E-state index contributed by atoms with van der Waals surface area (Å²) >= 11 is 0. The number of urea groups is 1. The molecular weight excluding hydrogens is 260 g/mol. The highest BCUT2D eigenvalue weighted by molar-refractivity contribution is 5.78. The Morgan fingerprint density at radius 2 is 2.15 bits per heavy atom. The predicted molar refractivity (Wildman–Crippen MR) is 70.9 cm³/mol. The van der Waals surface area contributed by atoms with Crippen LogP contribution in [-0.4, -0.2) is 33.6 Å². The quantitative estimate of drug-likeness (QED) is 0.740. The Bertz CT molecular complexity index is 514. The fourth-order valence-electron chi connectivity index (χ4n) is 2.16. The summed E-state index contributed by atoms with van der Waals surface area (Å²) in [7, 11) is 0. The van der Waals surface area contributed by atoms with Crippen LogP contribution < -0.4 is 10.6 Å². The Morgan fingerprint density at radius 1 is 1.40 bits per heavy atom. The van der Waals surface area contributed by atoms with Gasteiger partial charge in [-0.2, -0.15) is 0 Å². The summed E-state index contributed by atoms with van der Waals surface area (Å²) in [6.07, 6.45) is 3.77. The number of carboxylic acid groups (broad SMARTS) is 1. The Morgan fingerprint density at radius 3 is 2.70 bits per heavy atom. The van der Waals surface area contributed by atoms with Gasteiger partial charge in [0.15, 0.2) is 0 Å². The van der Waals surface area contributed by atoms with E-state index < -0.39 is 11.4 Å². The van der Waals surface area contributed by atoms with Crippen molar-refractivity contribution >= 4 is 12.0 Å². The van der Waals surface area contributed by atoms with Crippen LogP contribution in [0, 0.1) is 12.3 Å². The molecule has 1 heterocycles. The zero-order valence-electron chi connectivity index (χ0n) is 11.3. The van der Waals surface area contributed by atoms with Gasteiger partial charge in [0.25, 0.3) is 0 Å². The van der Waals surface area contributed by atoms with E-state index in [1.807, 2.05) is 0 Å². The van der Waals surface area contributed by atoms with Crippen LogP contribution in [0.3, 0.4) is 0 Å². The van der Waals surface area contributed by atoms with Gasteiger partial charge in [-0.25, -0.2) is 14.8 Å². The van der Waals surface area contributed by atoms with Gasteiger partial charge in [0.05, 0.1) is 17.7 Å². The molecule has 0 spiro atoms. The topological polar surface area (TPSA) is 104 Å². The maximum Gasteiger partial charge on any atom is 0.315 e. The molecule has 0 aromatic carbocycles. The van der Waals surface area contributed by atoms with Crippen molar-refractivity contribution in [3.63, 3.8) is 0 Å². The lowest BCUT2D eigenvalue weighted by molar-refractivity contribution is -0.153. The SMILES string of the molecule is Cc1nccc(CNC(=O)NCC2(C(=O)O)CCC2)n1. The molecular formula is C13H18N4O3. The molecule has 0 aliphatic heterocycles. The van der Waals surface area contributed by atoms with Gasteiger partial charge in [-0.1, -0.05) is 6.42 Å². The molecule has 2 amide bonds. The lowest BCUT2D eigenvalue weighted by Crippen LogP contribution is -2.49. The van der Waals surface area contributed by atoms with Crippen molar-refractivity contribution in [3.8, 4) is 0 Å². The molecule has 0 saturated heterocycles. The molecule has 2 rings (SSSR count). The van der Waals surface area contributed by atoms with Crippen LogP contribution in [0.1, 0.15) is 30.8 Å². The molecule has 0 atom stereocenters. The van der Waals surface area contributed by atoms with E-state index in [0.29, 0.717) is 24.4 Å². The Kier molecular flexibility index (Phi) is 4.16. The zero-order valence-corrected chi connectivity index (χ0v) is 11.3. The number of carbonyl (C=O) groups is 2. The van der Waals surface area contributed by atoms with E-state index in [1.165, 1.54) is 0 Å². The summed E-state index contributed by atoms with van der Waals surface area (Å²) in [5.74, 6) is -0.195. The lowest BCUT2D eigenvalue weighted by Gasteiger charge is -2.37. The van der Waals surface area contributed by atoms with Crippen LogP contribution in [0.2, 0.25) is 0 Å². The van der Waals surface area contributed by atoms with Crippen LogP contribution >= 0.6 is 0 Å². The van der Waals surface area contributed by atoms with Gasteiger partial charge in [0, 0.05) is 12.7 Å². The number of hydrogen-bond donors (Lipinski definition) is 3. The van der Waals surface area contributed by atoms with E-state index in [9.17, 15) is 9.59 Å². The standard InChI is InChI=1S/C13H18N4O3/c1-9-14-6-3-10(17-9)7-15-12(20)16-8-13(11(18)19)4-2-5-13/h3,6H,2,4-5,7-8H2,1H3,(H,18,19)(H2,15,16,20). The Hall–Kier alpha value is -2.18. The van der Waals surface area contributed by atoms with Crippen molar-refractivity contribution in [2.24, 2.45) is 5.41 Å². The number of aliphatic carboxylic acids is 1. The largest absolute Gasteiger partial charge is 0.481 e. The number of aromatic nitrogens is 2. The van der Waals surface area contributed by atoms with E-state index >= 15 is 0 Å². The molecule has 3 N–H and O–H groups in total. The monoisotopic (exact) mass is 278 g/mol. The van der Waals surface area contributed by atoms with Crippen LogP contribution in [0.4, 0.5) is 4.79 Å². The molecule has 0 bridgehead atoms. The zero-order chi connectivity index (χ0) is 14.6. The maximum absolute atomic E-state index is 11.7. The second-order valence-electron chi connectivity index (χ2n) is 5.07. The third-order valence-corrected chi connectivity index (χ3v) is 3.62. The number of nitrogens with zero attached hydrogens (tertiary/aromatic N) is 2. The fraction of sp³-hybridized carbons (Fsp3) is 0.538. The lowest BCUT2D eigenvalue weighted by atomic mass is 9.69. The number of carboxylic acids is 1. The summed E-state index contributed by atoms with van der Waals surface area (Å²) in [5.41, 5.74) is -0.0627. The smallest absolute Gasteiger partial charge is 0.315 e. The van der Waals surface area contributed by atoms with Crippen LogP contribution in [0.25, 0.3) is 0 Å². The highest BCUT2D eigenvalue weighted by atomic mass is 16.4. The van der Waals surface area contributed by atoms with Crippen molar-refractivity contribution < 1.29 is 14.7 Å². The molecule has 7 heteroatoms. The van der Waals surface area contributed by atoms with E-state index in [1.54, 1.807) is 19.2 Å². The first-order chi connectivity index (χ1) is 9.52. The Balaban J connectivity index is 1.77. The second kappa shape index (κ2) is 5.85. The number of amides is 2. The minimum atomic E-state index is -0.838. The van der Waals surface area contributed by atoms with Crippen molar-refractivity contribution in [1.82, 2.24) is 20.6 Å². The van der Waals surface area contributed by atoms with E-state index in [4.69, 9.17) is 5.11 Å². The summed E-state index contributed by atoms with van der Waals surface area (Å²) < 4.78 is 0. The molecule has 1 fully saturated rings. The first-order valence-electron chi connectivity index (χ1n) is 6.55. The van der Waals surface area contributed by atoms with Gasteiger partial charge in [0.1, 0.15) is 5.82 Å². The van der Waals surface area contributed by atoms with Crippen molar-refractivity contribution in [3.05, 3.63) is 23.8 Å². The number of carbonyl (C=O) groups excluding carboxylic acids is 1. The van der Waals surface area contributed by atoms with Crippen molar-refractivity contribution in [1.29, 1.82) is 0 Å². The average Bonchev–Trinajstić information content (AvgIpc) is 2.34. The molecule has 20 heavy (non-hydrogen) atoms. The van der Waals surface area contributed by atoms with Crippen molar-refractivity contribution in [2.45, 2.75) is 32.7 Å². The maximum atomic E-state index is 11.7. The molecule has 7 nitrogen and oxygen atoms in total. The van der Waals surface area contributed by atoms with Gasteiger partial charge < -0.3 is 15.7 Å². The molecule has 1 aromatic rings. The molecule has 0 unspecified atom stereocenters. The summed E-state index contributed by atoms with van der Waals surface area (Å²) in [4.78, 5) is 30.9. The fourth-order valence-corrected chi connectivity index (χ4v) is 2.16. The molecule has 1 aliphatic rings. The highest BCUT2D eigenvalue weighted by Gasteiger charge is 2.44. The van der Waals surface area contributed by atoms with Gasteiger partial charge in [-0.05, 0) is 25.8 Å². The molecule has 1 aromatic heterocycles. The van der Waals surface area contributed by atoms with Crippen LogP contribution in [0.5, 0.6) is 0 Å². The normalized spacial score (nSPS) is 16.1. The van der Waals surface area contributed by atoms with Crippen LogP contribution in [-0.2, 0) is 11.3 Å². The number of hydrogen-bond acceptors (Lipinski definition) is 4. The van der Waals surface area contributed by atoms with Gasteiger partial charge in [0.2, 0.25) is 0 Å². The van der Waals surface area contributed by atoms with Gasteiger partial charge >= 0.3 is 12.0 Å². The van der Waals surface area contributed by atoms with Crippen molar-refractivity contribution in [2.75, 3.05) is 6.54 Å². The van der Waals surface area contributed by atoms with E-state index in [-0.39, 0.29) is 19.1 Å².